The van der Waals surface area contributed by atoms with Gasteiger partial charge in [-0.05, 0) is 30.4 Å². The highest BCUT2D eigenvalue weighted by Crippen LogP contribution is 2.34. The van der Waals surface area contributed by atoms with Gasteiger partial charge in [-0.2, -0.15) is 5.10 Å². The Kier molecular flexibility index (Phi) is 1.86. The van der Waals surface area contributed by atoms with Gasteiger partial charge in [0.1, 0.15) is 0 Å². The standard InChI is InChI=1S/C11H10N2O3/c14-11(15)10-8-3-7(4-9(8)12-13-10)6-1-2-16-5-6/h1-2,5,7H,3-4H2,(H,12,13)(H,14,15). The van der Waals surface area contributed by atoms with Crippen LogP contribution in [0.3, 0.4) is 0 Å². The molecule has 1 aliphatic carbocycles. The molecule has 5 heteroatoms. The second-order valence-electron chi connectivity index (χ2n) is 4.00. The van der Waals surface area contributed by atoms with Crippen molar-refractivity contribution in [2.75, 3.05) is 0 Å². The first-order valence-corrected chi connectivity index (χ1v) is 5.07. The minimum atomic E-state index is -0.967. The number of hydrogen-bond donors (Lipinski definition) is 2. The summed E-state index contributed by atoms with van der Waals surface area (Å²) >= 11 is 0. The van der Waals surface area contributed by atoms with Crippen LogP contribution in [0, 0.1) is 0 Å². The molecule has 1 aliphatic rings. The van der Waals surface area contributed by atoms with Gasteiger partial charge in [-0.25, -0.2) is 4.79 Å². The van der Waals surface area contributed by atoms with Crippen molar-refractivity contribution in [3.8, 4) is 0 Å². The number of hydrogen-bond acceptors (Lipinski definition) is 3. The van der Waals surface area contributed by atoms with Crippen molar-refractivity contribution in [2.45, 2.75) is 18.8 Å². The van der Waals surface area contributed by atoms with E-state index in [-0.39, 0.29) is 5.69 Å². The Morgan fingerprint density at radius 3 is 3.12 bits per heavy atom. The van der Waals surface area contributed by atoms with Crippen LogP contribution in [-0.4, -0.2) is 21.3 Å². The average molecular weight is 218 g/mol. The van der Waals surface area contributed by atoms with Gasteiger partial charge >= 0.3 is 5.97 Å². The zero-order chi connectivity index (χ0) is 11.1. The van der Waals surface area contributed by atoms with E-state index >= 15 is 0 Å². The van der Waals surface area contributed by atoms with Crippen LogP contribution < -0.4 is 0 Å². The van der Waals surface area contributed by atoms with E-state index in [9.17, 15) is 4.79 Å². The lowest BCUT2D eigenvalue weighted by atomic mass is 9.99. The summed E-state index contributed by atoms with van der Waals surface area (Å²) in [5.74, 6) is -0.661. The van der Waals surface area contributed by atoms with Gasteiger partial charge in [0.25, 0.3) is 0 Å². The summed E-state index contributed by atoms with van der Waals surface area (Å²) in [5, 5.41) is 15.6. The van der Waals surface area contributed by atoms with E-state index in [0.29, 0.717) is 12.3 Å². The maximum atomic E-state index is 10.9. The van der Waals surface area contributed by atoms with Crippen molar-refractivity contribution in [2.24, 2.45) is 0 Å². The molecule has 0 saturated heterocycles. The Labute approximate surface area is 91.1 Å². The molecule has 0 spiro atoms. The molecule has 0 saturated carbocycles. The third-order valence-electron chi connectivity index (χ3n) is 3.07. The fraction of sp³-hybridized carbons (Fsp3) is 0.273. The summed E-state index contributed by atoms with van der Waals surface area (Å²) in [6.07, 6.45) is 4.87. The number of aromatic carboxylic acids is 1. The van der Waals surface area contributed by atoms with Gasteiger partial charge in [-0.15, -0.1) is 0 Å². The maximum Gasteiger partial charge on any atom is 0.356 e. The van der Waals surface area contributed by atoms with Crippen LogP contribution in [-0.2, 0) is 12.8 Å². The first-order chi connectivity index (χ1) is 7.75. The van der Waals surface area contributed by atoms with Gasteiger partial charge < -0.3 is 9.52 Å². The Bertz CT molecular complexity index is 527. The van der Waals surface area contributed by atoms with Crippen LogP contribution in [0.1, 0.15) is 33.2 Å². The van der Waals surface area contributed by atoms with Gasteiger partial charge in [0.05, 0.1) is 12.5 Å². The number of aromatic amines is 1. The first kappa shape index (κ1) is 9.21. The van der Waals surface area contributed by atoms with Crippen LogP contribution in [0.25, 0.3) is 0 Å². The molecule has 16 heavy (non-hydrogen) atoms. The molecule has 2 aromatic heterocycles. The number of carboxylic acid groups (broad SMARTS) is 1. The summed E-state index contributed by atoms with van der Waals surface area (Å²) in [7, 11) is 0. The smallest absolute Gasteiger partial charge is 0.356 e. The number of rotatable bonds is 2. The second-order valence-corrected chi connectivity index (χ2v) is 4.00. The molecule has 2 aromatic rings. The highest BCUT2D eigenvalue weighted by molar-refractivity contribution is 5.87. The summed E-state index contributed by atoms with van der Waals surface area (Å²) < 4.78 is 5.04. The minimum absolute atomic E-state index is 0.154. The fourth-order valence-corrected chi connectivity index (χ4v) is 2.27. The molecule has 2 N–H and O–H groups in total. The Hall–Kier alpha value is -2.04. The lowest BCUT2D eigenvalue weighted by Crippen LogP contribution is -2.03. The Morgan fingerprint density at radius 1 is 1.56 bits per heavy atom. The normalized spacial score (nSPS) is 18.6. The monoisotopic (exact) mass is 218 g/mol. The summed E-state index contributed by atoms with van der Waals surface area (Å²) in [6.45, 7) is 0. The van der Waals surface area contributed by atoms with E-state index in [0.717, 1.165) is 23.2 Å². The van der Waals surface area contributed by atoms with Crippen molar-refractivity contribution in [1.82, 2.24) is 10.2 Å². The summed E-state index contributed by atoms with van der Waals surface area (Å²) in [6, 6.07) is 1.92. The van der Waals surface area contributed by atoms with Crippen LogP contribution in [0.4, 0.5) is 0 Å². The number of fused-ring (bicyclic) bond motifs is 1. The lowest BCUT2D eigenvalue weighted by molar-refractivity contribution is 0.0689. The Morgan fingerprint density at radius 2 is 2.44 bits per heavy atom. The highest BCUT2D eigenvalue weighted by Gasteiger charge is 2.30. The molecular weight excluding hydrogens is 208 g/mol. The van der Waals surface area contributed by atoms with Gasteiger partial charge in [0.15, 0.2) is 5.69 Å². The molecule has 5 nitrogen and oxygen atoms in total. The first-order valence-electron chi connectivity index (χ1n) is 5.07. The molecule has 0 bridgehead atoms. The topological polar surface area (TPSA) is 79.1 Å². The lowest BCUT2D eigenvalue weighted by Gasteiger charge is -2.04. The van der Waals surface area contributed by atoms with Crippen molar-refractivity contribution in [1.29, 1.82) is 0 Å². The average Bonchev–Trinajstić information content (AvgIpc) is 2.92. The number of furan rings is 1. The van der Waals surface area contributed by atoms with E-state index in [2.05, 4.69) is 10.2 Å². The number of H-pyrrole nitrogens is 1. The largest absolute Gasteiger partial charge is 0.476 e. The zero-order valence-electron chi connectivity index (χ0n) is 8.43. The number of nitrogens with zero attached hydrogens (tertiary/aromatic N) is 1. The van der Waals surface area contributed by atoms with Crippen LogP contribution in [0.2, 0.25) is 0 Å². The third kappa shape index (κ3) is 1.25. The molecule has 82 valence electrons. The molecular formula is C11H10N2O3. The molecule has 0 aromatic carbocycles. The fourth-order valence-electron chi connectivity index (χ4n) is 2.27. The van der Waals surface area contributed by atoms with E-state index < -0.39 is 5.97 Å². The molecule has 3 rings (SSSR count). The van der Waals surface area contributed by atoms with Gasteiger partial charge in [0, 0.05) is 11.3 Å². The predicted octanol–water partition coefficient (Wildman–Crippen LogP) is 1.58. The Balaban J connectivity index is 1.92. The van der Waals surface area contributed by atoms with E-state index in [1.165, 1.54) is 0 Å². The minimum Gasteiger partial charge on any atom is -0.476 e. The molecule has 0 fully saturated rings. The third-order valence-corrected chi connectivity index (χ3v) is 3.07. The van der Waals surface area contributed by atoms with Crippen LogP contribution in [0.15, 0.2) is 23.0 Å². The number of nitrogens with one attached hydrogen (secondary N) is 1. The maximum absolute atomic E-state index is 10.9. The quantitative estimate of drug-likeness (QED) is 0.802. The van der Waals surface area contributed by atoms with Gasteiger partial charge in [-0.1, -0.05) is 0 Å². The van der Waals surface area contributed by atoms with E-state index in [1.54, 1.807) is 12.5 Å². The van der Waals surface area contributed by atoms with E-state index in [4.69, 9.17) is 9.52 Å². The van der Waals surface area contributed by atoms with Crippen molar-refractivity contribution in [3.05, 3.63) is 41.1 Å². The van der Waals surface area contributed by atoms with Crippen molar-refractivity contribution < 1.29 is 14.3 Å². The van der Waals surface area contributed by atoms with Crippen LogP contribution >= 0.6 is 0 Å². The number of carbonyl (C=O) groups is 1. The molecule has 0 radical (unpaired) electrons. The van der Waals surface area contributed by atoms with Gasteiger partial charge in [0.2, 0.25) is 0 Å². The molecule has 1 atom stereocenters. The second kappa shape index (κ2) is 3.23. The SMILES string of the molecule is O=C(O)c1n[nH]c2c1CC(c1ccoc1)C2. The van der Waals surface area contributed by atoms with Gasteiger partial charge in [-0.3, -0.25) is 5.10 Å². The molecule has 0 aliphatic heterocycles. The predicted molar refractivity (Wildman–Crippen MR) is 54.4 cm³/mol. The van der Waals surface area contributed by atoms with Crippen molar-refractivity contribution >= 4 is 5.97 Å². The number of carboxylic acids is 1. The summed E-state index contributed by atoms with van der Waals surface area (Å²) in [4.78, 5) is 10.9. The van der Waals surface area contributed by atoms with E-state index in [1.807, 2.05) is 6.07 Å². The van der Waals surface area contributed by atoms with Crippen molar-refractivity contribution in [3.63, 3.8) is 0 Å². The van der Waals surface area contributed by atoms with Crippen LogP contribution in [0.5, 0.6) is 0 Å². The highest BCUT2D eigenvalue weighted by atomic mass is 16.4. The summed E-state index contributed by atoms with van der Waals surface area (Å²) in [5.41, 5.74) is 3.03. The molecule has 2 heterocycles. The molecule has 1 unspecified atom stereocenters. The number of aromatic nitrogens is 2. The zero-order valence-corrected chi connectivity index (χ0v) is 8.43. The molecule has 0 amide bonds.